The Morgan fingerprint density at radius 3 is 2.95 bits per heavy atom. The van der Waals surface area contributed by atoms with E-state index in [9.17, 15) is 0 Å². The predicted molar refractivity (Wildman–Crippen MR) is 82.3 cm³/mol. The number of aromatic nitrogens is 1. The van der Waals surface area contributed by atoms with Crippen molar-refractivity contribution in [3.05, 3.63) is 59.6 Å². The molecule has 3 rings (SSSR count). The van der Waals surface area contributed by atoms with E-state index in [1.807, 2.05) is 42.7 Å². The number of hydrogen-bond acceptors (Lipinski definition) is 4. The van der Waals surface area contributed by atoms with Gasteiger partial charge in [-0.3, -0.25) is 4.98 Å². The number of nitrogens with zero attached hydrogens (tertiary/aromatic N) is 1. The highest BCUT2D eigenvalue weighted by molar-refractivity contribution is 5.83. The van der Waals surface area contributed by atoms with Gasteiger partial charge >= 0.3 is 0 Å². The lowest BCUT2D eigenvalue weighted by atomic mass is 10.1. The van der Waals surface area contributed by atoms with Gasteiger partial charge in [-0.15, -0.1) is 0 Å². The van der Waals surface area contributed by atoms with Crippen LogP contribution in [-0.2, 0) is 13.1 Å². The summed E-state index contributed by atoms with van der Waals surface area (Å²) in [6.45, 7) is 3.53. The maximum atomic E-state index is 5.86. The molecule has 0 aliphatic carbocycles. The van der Waals surface area contributed by atoms with Gasteiger partial charge in [0.25, 0.3) is 0 Å². The fraction of sp³-hybridized carbons (Fsp3) is 0.235. The summed E-state index contributed by atoms with van der Waals surface area (Å²) in [5, 5.41) is 4.44. The molecule has 0 fully saturated rings. The van der Waals surface area contributed by atoms with E-state index in [1.165, 1.54) is 11.1 Å². The number of rotatable bonds is 5. The number of para-hydroxylation sites is 1. The third kappa shape index (κ3) is 2.90. The molecule has 0 aliphatic rings. The zero-order valence-corrected chi connectivity index (χ0v) is 12.2. The van der Waals surface area contributed by atoms with Crippen LogP contribution >= 0.6 is 0 Å². The number of hydrogen-bond donors (Lipinski definition) is 1. The molecule has 0 saturated heterocycles. The monoisotopic (exact) mass is 282 g/mol. The van der Waals surface area contributed by atoms with Crippen molar-refractivity contribution >= 4 is 11.0 Å². The van der Waals surface area contributed by atoms with Crippen LogP contribution in [0.15, 0.2) is 47.1 Å². The van der Waals surface area contributed by atoms with Crippen LogP contribution in [0.5, 0.6) is 5.75 Å². The summed E-state index contributed by atoms with van der Waals surface area (Å²) in [6.07, 6.45) is 3.70. The molecule has 0 aliphatic heterocycles. The zero-order chi connectivity index (χ0) is 14.7. The van der Waals surface area contributed by atoms with Crippen LogP contribution in [0.25, 0.3) is 11.0 Å². The van der Waals surface area contributed by atoms with Crippen LogP contribution in [0, 0.1) is 6.92 Å². The Morgan fingerprint density at radius 2 is 2.14 bits per heavy atom. The molecule has 0 atom stereocenters. The van der Waals surface area contributed by atoms with E-state index in [-0.39, 0.29) is 0 Å². The van der Waals surface area contributed by atoms with Crippen LogP contribution in [0.1, 0.15) is 16.9 Å². The van der Waals surface area contributed by atoms with Crippen LogP contribution in [0.3, 0.4) is 0 Å². The van der Waals surface area contributed by atoms with Gasteiger partial charge in [0, 0.05) is 24.3 Å². The lowest BCUT2D eigenvalue weighted by Crippen LogP contribution is -2.13. The molecule has 0 unspecified atom stereocenters. The predicted octanol–water partition coefficient (Wildman–Crippen LogP) is 3.43. The van der Waals surface area contributed by atoms with E-state index < -0.39 is 0 Å². The summed E-state index contributed by atoms with van der Waals surface area (Å²) in [7, 11) is 1.65. The highest BCUT2D eigenvalue weighted by Gasteiger charge is 2.08. The largest absolute Gasteiger partial charge is 0.493 e. The highest BCUT2D eigenvalue weighted by atomic mass is 16.5. The maximum Gasteiger partial charge on any atom is 0.176 e. The molecule has 3 aromatic rings. The van der Waals surface area contributed by atoms with Crippen molar-refractivity contribution in [3.8, 4) is 5.75 Å². The first kappa shape index (κ1) is 13.6. The lowest BCUT2D eigenvalue weighted by molar-refractivity contribution is 0.406. The second kappa shape index (κ2) is 5.97. The topological polar surface area (TPSA) is 47.3 Å². The second-order valence-electron chi connectivity index (χ2n) is 5.00. The molecule has 0 radical (unpaired) electrons. The van der Waals surface area contributed by atoms with Crippen LogP contribution in [0.2, 0.25) is 0 Å². The highest BCUT2D eigenvalue weighted by Crippen LogP contribution is 2.28. The van der Waals surface area contributed by atoms with E-state index in [0.717, 1.165) is 29.0 Å². The van der Waals surface area contributed by atoms with Gasteiger partial charge in [-0.25, -0.2) is 0 Å². The van der Waals surface area contributed by atoms with E-state index in [2.05, 4.69) is 17.2 Å². The third-order valence-electron chi connectivity index (χ3n) is 3.54. The van der Waals surface area contributed by atoms with E-state index >= 15 is 0 Å². The van der Waals surface area contributed by atoms with Crippen molar-refractivity contribution in [2.24, 2.45) is 0 Å². The number of pyridine rings is 1. The van der Waals surface area contributed by atoms with Crippen LogP contribution < -0.4 is 10.1 Å². The molecule has 0 bridgehead atoms. The molecule has 0 amide bonds. The molecule has 2 heterocycles. The Balaban J connectivity index is 1.70. The molecule has 4 nitrogen and oxygen atoms in total. The summed E-state index contributed by atoms with van der Waals surface area (Å²) in [4.78, 5) is 4.15. The lowest BCUT2D eigenvalue weighted by Gasteiger charge is -2.05. The Bertz CT molecular complexity index is 749. The van der Waals surface area contributed by atoms with Crippen molar-refractivity contribution in [3.63, 3.8) is 0 Å². The van der Waals surface area contributed by atoms with Crippen molar-refractivity contribution in [1.82, 2.24) is 10.3 Å². The Morgan fingerprint density at radius 1 is 1.24 bits per heavy atom. The van der Waals surface area contributed by atoms with Crippen molar-refractivity contribution in [2.75, 3.05) is 7.11 Å². The average molecular weight is 282 g/mol. The van der Waals surface area contributed by atoms with Gasteiger partial charge in [-0.1, -0.05) is 12.1 Å². The van der Waals surface area contributed by atoms with Gasteiger partial charge in [0.1, 0.15) is 5.76 Å². The second-order valence-corrected chi connectivity index (χ2v) is 5.00. The normalized spacial score (nSPS) is 11.0. The number of furan rings is 1. The molecular formula is C17H18N2O2. The van der Waals surface area contributed by atoms with E-state index in [1.54, 1.807) is 7.11 Å². The summed E-state index contributed by atoms with van der Waals surface area (Å²) in [5.41, 5.74) is 3.24. The van der Waals surface area contributed by atoms with Crippen molar-refractivity contribution in [1.29, 1.82) is 0 Å². The molecule has 0 spiro atoms. The number of fused-ring (bicyclic) bond motifs is 1. The molecule has 0 saturated carbocycles. The van der Waals surface area contributed by atoms with Crippen molar-refractivity contribution in [2.45, 2.75) is 20.0 Å². The first-order valence-electron chi connectivity index (χ1n) is 6.93. The zero-order valence-electron chi connectivity index (χ0n) is 12.2. The number of benzene rings is 1. The van der Waals surface area contributed by atoms with Gasteiger partial charge in [0.2, 0.25) is 0 Å². The van der Waals surface area contributed by atoms with E-state index in [4.69, 9.17) is 9.15 Å². The standard InChI is InChI=1S/C17H18N2O2/c1-12-6-7-18-9-14(12)10-19-11-15-8-13-4-3-5-16(20-2)17(13)21-15/h3-9,19H,10-11H2,1-2H3. The molecule has 21 heavy (non-hydrogen) atoms. The number of methoxy groups -OCH3 is 1. The summed E-state index contributed by atoms with van der Waals surface area (Å²) < 4.78 is 11.2. The van der Waals surface area contributed by atoms with Gasteiger partial charge in [0.15, 0.2) is 11.3 Å². The minimum Gasteiger partial charge on any atom is -0.493 e. The molecule has 108 valence electrons. The van der Waals surface area contributed by atoms with Gasteiger partial charge in [-0.05, 0) is 36.2 Å². The fourth-order valence-electron chi connectivity index (χ4n) is 2.34. The summed E-state index contributed by atoms with van der Waals surface area (Å²) >= 11 is 0. The Hall–Kier alpha value is -2.33. The SMILES string of the molecule is COc1cccc2cc(CNCc3cnccc3C)oc12. The smallest absolute Gasteiger partial charge is 0.176 e. The first-order valence-corrected chi connectivity index (χ1v) is 6.93. The van der Waals surface area contributed by atoms with Gasteiger partial charge < -0.3 is 14.5 Å². The fourth-order valence-corrected chi connectivity index (χ4v) is 2.34. The quantitative estimate of drug-likeness (QED) is 0.778. The molecule has 4 heteroatoms. The third-order valence-corrected chi connectivity index (χ3v) is 3.54. The number of ether oxygens (including phenoxy) is 1. The van der Waals surface area contributed by atoms with Crippen molar-refractivity contribution < 1.29 is 9.15 Å². The maximum absolute atomic E-state index is 5.86. The molecule has 1 N–H and O–H groups in total. The number of aryl methyl sites for hydroxylation is 1. The van der Waals surface area contributed by atoms with Crippen LogP contribution in [-0.4, -0.2) is 12.1 Å². The molecule has 2 aromatic heterocycles. The number of nitrogens with one attached hydrogen (secondary N) is 1. The summed E-state index contributed by atoms with van der Waals surface area (Å²) in [5.74, 6) is 1.66. The Kier molecular flexibility index (Phi) is 3.88. The Labute approximate surface area is 123 Å². The van der Waals surface area contributed by atoms with Gasteiger partial charge in [-0.2, -0.15) is 0 Å². The van der Waals surface area contributed by atoms with Crippen LogP contribution in [0.4, 0.5) is 0 Å². The molecule has 1 aromatic carbocycles. The minimum absolute atomic E-state index is 0.673. The van der Waals surface area contributed by atoms with E-state index in [0.29, 0.717) is 6.54 Å². The summed E-state index contributed by atoms with van der Waals surface area (Å²) in [6, 6.07) is 9.95. The average Bonchev–Trinajstić information content (AvgIpc) is 2.92. The minimum atomic E-state index is 0.673. The molecular weight excluding hydrogens is 264 g/mol. The first-order chi connectivity index (χ1) is 10.3. The van der Waals surface area contributed by atoms with Gasteiger partial charge in [0.05, 0.1) is 13.7 Å².